The third-order valence-electron chi connectivity index (χ3n) is 4.34. The molecule has 5 heteroatoms. The zero-order valence-corrected chi connectivity index (χ0v) is 16.0. The summed E-state index contributed by atoms with van der Waals surface area (Å²) in [7, 11) is 0. The van der Waals surface area contributed by atoms with Crippen molar-refractivity contribution < 1.29 is 9.59 Å². The number of nitrogens with zero attached hydrogens (tertiary/aromatic N) is 2. The lowest BCUT2D eigenvalue weighted by Crippen LogP contribution is -2.41. The van der Waals surface area contributed by atoms with Gasteiger partial charge in [0, 0.05) is 26.1 Å². The fourth-order valence-corrected chi connectivity index (χ4v) is 3.00. The highest BCUT2D eigenvalue weighted by molar-refractivity contribution is 5.79. The molecule has 0 aliphatic rings. The van der Waals surface area contributed by atoms with E-state index in [1.165, 1.54) is 5.56 Å². The fourth-order valence-electron chi connectivity index (χ4n) is 3.00. The van der Waals surface area contributed by atoms with E-state index in [2.05, 4.69) is 24.0 Å². The van der Waals surface area contributed by atoms with Gasteiger partial charge < -0.3 is 10.6 Å². The lowest BCUT2D eigenvalue weighted by Gasteiger charge is -2.27. The van der Waals surface area contributed by atoms with Crippen LogP contribution in [0.2, 0.25) is 0 Å². The largest absolute Gasteiger partial charge is 0.370 e. The highest BCUT2D eigenvalue weighted by atomic mass is 16.2. The van der Waals surface area contributed by atoms with Gasteiger partial charge >= 0.3 is 0 Å². The minimum absolute atomic E-state index is 0.0180. The molecule has 0 heterocycles. The van der Waals surface area contributed by atoms with E-state index in [0.29, 0.717) is 19.6 Å². The molecular formula is C22H29N3O2. The minimum Gasteiger partial charge on any atom is -0.370 e. The van der Waals surface area contributed by atoms with Crippen LogP contribution in [0.25, 0.3) is 0 Å². The summed E-state index contributed by atoms with van der Waals surface area (Å²) in [6, 6.07) is 20.0. The van der Waals surface area contributed by atoms with Crippen LogP contribution < -0.4 is 5.73 Å². The van der Waals surface area contributed by atoms with Gasteiger partial charge in [-0.25, -0.2) is 0 Å². The zero-order chi connectivity index (χ0) is 19.5. The smallest absolute Gasteiger partial charge is 0.237 e. The predicted octanol–water partition coefficient (Wildman–Crippen LogP) is 2.80. The van der Waals surface area contributed by atoms with Gasteiger partial charge in [-0.1, -0.05) is 67.6 Å². The van der Waals surface area contributed by atoms with Crippen molar-refractivity contribution in [2.45, 2.75) is 32.9 Å². The van der Waals surface area contributed by atoms with Crippen molar-refractivity contribution in [3.05, 3.63) is 71.8 Å². The van der Waals surface area contributed by atoms with Crippen molar-refractivity contribution in [2.75, 3.05) is 19.6 Å². The molecule has 2 rings (SSSR count). The van der Waals surface area contributed by atoms with E-state index in [9.17, 15) is 9.59 Å². The second-order valence-corrected chi connectivity index (χ2v) is 6.71. The molecule has 5 nitrogen and oxygen atoms in total. The van der Waals surface area contributed by atoms with Gasteiger partial charge in [-0.15, -0.1) is 0 Å². The van der Waals surface area contributed by atoms with Crippen LogP contribution in [0.4, 0.5) is 0 Å². The van der Waals surface area contributed by atoms with Crippen molar-refractivity contribution in [3.8, 4) is 0 Å². The van der Waals surface area contributed by atoms with E-state index in [1.807, 2.05) is 48.5 Å². The second-order valence-electron chi connectivity index (χ2n) is 6.71. The maximum absolute atomic E-state index is 13.0. The molecule has 2 aromatic carbocycles. The average Bonchev–Trinajstić information content (AvgIpc) is 2.66. The van der Waals surface area contributed by atoms with Crippen LogP contribution in [-0.2, 0) is 22.7 Å². The Morgan fingerprint density at radius 2 is 1.41 bits per heavy atom. The molecule has 144 valence electrons. The summed E-state index contributed by atoms with van der Waals surface area (Å²) in [4.78, 5) is 28.1. The third-order valence-corrected chi connectivity index (χ3v) is 4.34. The van der Waals surface area contributed by atoms with Gasteiger partial charge in [0.15, 0.2) is 0 Å². The maximum Gasteiger partial charge on any atom is 0.237 e. The number of hydrogen-bond donors (Lipinski definition) is 1. The van der Waals surface area contributed by atoms with E-state index >= 15 is 0 Å². The second kappa shape index (κ2) is 11.1. The highest BCUT2D eigenvalue weighted by Gasteiger charge is 2.18. The molecule has 0 atom stereocenters. The van der Waals surface area contributed by atoms with Crippen molar-refractivity contribution in [1.82, 2.24) is 9.80 Å². The number of benzene rings is 2. The molecule has 2 amide bonds. The zero-order valence-electron chi connectivity index (χ0n) is 16.0. The molecule has 2 N–H and O–H groups in total. The van der Waals surface area contributed by atoms with Crippen LogP contribution in [0.1, 0.15) is 30.9 Å². The van der Waals surface area contributed by atoms with Gasteiger partial charge in [0.1, 0.15) is 0 Å². The molecule has 27 heavy (non-hydrogen) atoms. The third kappa shape index (κ3) is 7.62. The Morgan fingerprint density at radius 3 is 1.93 bits per heavy atom. The number of primary amides is 1. The molecule has 2 aromatic rings. The Kier molecular flexibility index (Phi) is 8.52. The van der Waals surface area contributed by atoms with Crippen molar-refractivity contribution >= 4 is 11.8 Å². The number of amides is 2. The van der Waals surface area contributed by atoms with Crippen LogP contribution >= 0.6 is 0 Å². The molecular weight excluding hydrogens is 338 g/mol. The predicted molar refractivity (Wildman–Crippen MR) is 108 cm³/mol. The number of carbonyl (C=O) groups excluding carboxylic acids is 2. The molecule has 0 unspecified atom stereocenters. The molecule has 0 aliphatic heterocycles. The first-order valence-electron chi connectivity index (χ1n) is 9.44. The van der Waals surface area contributed by atoms with Gasteiger partial charge in [0.2, 0.25) is 11.8 Å². The van der Waals surface area contributed by atoms with Crippen LogP contribution in [0, 0.1) is 0 Å². The van der Waals surface area contributed by atoms with Crippen molar-refractivity contribution in [1.29, 1.82) is 0 Å². The molecule has 0 aliphatic carbocycles. The summed E-state index contributed by atoms with van der Waals surface area (Å²) in [6.45, 7) is 4.84. The summed E-state index contributed by atoms with van der Waals surface area (Å²) in [5.74, 6) is -0.375. The standard InChI is InChI=1S/C22H29N3O2/c1-2-14-24(16-19-9-5-3-6-10-19)18-22(27)25(15-13-21(23)26)17-20-11-7-4-8-12-20/h3-12H,2,13-18H2,1H3,(H2,23,26). The summed E-state index contributed by atoms with van der Waals surface area (Å²) >= 11 is 0. The first-order valence-corrected chi connectivity index (χ1v) is 9.44. The molecule has 0 fully saturated rings. The van der Waals surface area contributed by atoms with Crippen LogP contribution in [0.3, 0.4) is 0 Å². The van der Waals surface area contributed by atoms with Gasteiger partial charge in [-0.2, -0.15) is 0 Å². The SMILES string of the molecule is CCCN(CC(=O)N(CCC(N)=O)Cc1ccccc1)Cc1ccccc1. The number of rotatable bonds is 11. The van der Waals surface area contributed by atoms with Gasteiger partial charge in [-0.05, 0) is 24.1 Å². The quantitative estimate of drug-likeness (QED) is 0.664. The van der Waals surface area contributed by atoms with E-state index in [-0.39, 0.29) is 12.3 Å². The van der Waals surface area contributed by atoms with Crippen LogP contribution in [0.5, 0.6) is 0 Å². The normalized spacial score (nSPS) is 10.7. The van der Waals surface area contributed by atoms with Crippen molar-refractivity contribution in [2.24, 2.45) is 5.73 Å². The van der Waals surface area contributed by atoms with E-state index in [1.54, 1.807) is 4.90 Å². The molecule has 0 saturated heterocycles. The Bertz CT molecular complexity index is 704. The first kappa shape index (κ1) is 20.6. The summed E-state index contributed by atoms with van der Waals surface area (Å²) in [5.41, 5.74) is 7.53. The molecule has 0 bridgehead atoms. The van der Waals surface area contributed by atoms with Gasteiger partial charge in [0.05, 0.1) is 6.54 Å². The van der Waals surface area contributed by atoms with Gasteiger partial charge in [0.25, 0.3) is 0 Å². The number of carbonyl (C=O) groups is 2. The number of hydrogen-bond acceptors (Lipinski definition) is 3. The Hall–Kier alpha value is -2.66. The van der Waals surface area contributed by atoms with Crippen molar-refractivity contribution in [3.63, 3.8) is 0 Å². The highest BCUT2D eigenvalue weighted by Crippen LogP contribution is 2.09. The molecule has 0 radical (unpaired) electrons. The first-order chi connectivity index (χ1) is 13.1. The van der Waals surface area contributed by atoms with E-state index < -0.39 is 5.91 Å². The lowest BCUT2D eigenvalue weighted by molar-refractivity contribution is -0.133. The summed E-state index contributed by atoms with van der Waals surface area (Å²) in [5, 5.41) is 0. The Balaban J connectivity index is 2.05. The van der Waals surface area contributed by atoms with Crippen LogP contribution in [0.15, 0.2) is 60.7 Å². The van der Waals surface area contributed by atoms with Gasteiger partial charge in [-0.3, -0.25) is 14.5 Å². The van der Waals surface area contributed by atoms with E-state index in [4.69, 9.17) is 5.73 Å². The van der Waals surface area contributed by atoms with Crippen LogP contribution in [-0.4, -0.2) is 41.2 Å². The monoisotopic (exact) mass is 367 g/mol. The Morgan fingerprint density at radius 1 is 0.852 bits per heavy atom. The lowest BCUT2D eigenvalue weighted by atomic mass is 10.2. The molecule has 0 spiro atoms. The topological polar surface area (TPSA) is 66.6 Å². The summed E-state index contributed by atoms with van der Waals surface area (Å²) < 4.78 is 0. The molecule has 0 aromatic heterocycles. The van der Waals surface area contributed by atoms with E-state index in [0.717, 1.165) is 25.1 Å². The minimum atomic E-state index is -0.393. The Labute approximate surface area is 161 Å². The average molecular weight is 367 g/mol. The number of nitrogens with two attached hydrogens (primary N) is 1. The summed E-state index contributed by atoms with van der Waals surface area (Å²) in [6.07, 6.45) is 1.14. The fraction of sp³-hybridized carbons (Fsp3) is 0.364. The molecule has 0 saturated carbocycles. The maximum atomic E-state index is 13.0.